The third-order valence-corrected chi connectivity index (χ3v) is 5.09. The van der Waals surface area contributed by atoms with Crippen LogP contribution in [0.2, 0.25) is 0 Å². The van der Waals surface area contributed by atoms with Gasteiger partial charge in [0, 0.05) is 30.4 Å². The summed E-state index contributed by atoms with van der Waals surface area (Å²) in [6.45, 7) is 1.62. The minimum absolute atomic E-state index is 0.0505. The van der Waals surface area contributed by atoms with Crippen molar-refractivity contribution in [2.24, 2.45) is 0 Å². The van der Waals surface area contributed by atoms with Crippen LogP contribution >= 0.6 is 0 Å². The molecule has 3 aromatic heterocycles. The number of hydrogen-bond donors (Lipinski definition) is 1. The number of nitriles is 1. The lowest BCUT2D eigenvalue weighted by molar-refractivity contribution is -0.141. The van der Waals surface area contributed by atoms with Gasteiger partial charge >= 0.3 is 6.18 Å². The Morgan fingerprint density at radius 2 is 1.81 bits per heavy atom. The van der Waals surface area contributed by atoms with Gasteiger partial charge in [0.1, 0.15) is 11.4 Å². The zero-order valence-corrected chi connectivity index (χ0v) is 16.8. The van der Waals surface area contributed by atoms with Crippen LogP contribution in [-0.4, -0.2) is 30.8 Å². The van der Waals surface area contributed by atoms with Crippen molar-refractivity contribution in [3.63, 3.8) is 0 Å². The zero-order valence-electron chi connectivity index (χ0n) is 16.8. The van der Waals surface area contributed by atoms with E-state index in [1.54, 1.807) is 13.0 Å². The summed E-state index contributed by atoms with van der Waals surface area (Å²) in [4.78, 5) is 33.2. The van der Waals surface area contributed by atoms with E-state index in [4.69, 9.17) is 0 Å². The second-order valence-corrected chi connectivity index (χ2v) is 7.38. The smallest absolute Gasteiger partial charge is 0.344 e. The normalized spacial score (nSPS) is 15.5. The summed E-state index contributed by atoms with van der Waals surface area (Å²) in [5.41, 5.74) is -1.89. The lowest BCUT2D eigenvalue weighted by Gasteiger charge is -2.17. The van der Waals surface area contributed by atoms with Gasteiger partial charge in [-0.3, -0.25) is 9.78 Å². The molecule has 0 spiro atoms. The Hall–Kier alpha value is -3.94. The van der Waals surface area contributed by atoms with Gasteiger partial charge < -0.3 is 5.32 Å². The van der Waals surface area contributed by atoms with E-state index >= 15 is 0 Å². The van der Waals surface area contributed by atoms with E-state index in [9.17, 15) is 23.2 Å². The summed E-state index contributed by atoms with van der Waals surface area (Å²) in [5, 5.41) is 12.0. The number of carbonyl (C=O) groups is 1. The maximum atomic E-state index is 13.4. The fourth-order valence-electron chi connectivity index (χ4n) is 3.21. The number of aromatic nitrogens is 5. The molecule has 8 nitrogen and oxygen atoms in total. The van der Waals surface area contributed by atoms with E-state index in [0.717, 1.165) is 0 Å². The number of nitrogens with zero attached hydrogens (tertiary/aromatic N) is 6. The molecule has 3 aromatic rings. The Labute approximate surface area is 180 Å². The zero-order chi connectivity index (χ0) is 22.9. The highest BCUT2D eigenvalue weighted by Crippen LogP contribution is 2.47. The van der Waals surface area contributed by atoms with Gasteiger partial charge in [-0.2, -0.15) is 18.4 Å². The van der Waals surface area contributed by atoms with Crippen LogP contribution in [0.5, 0.6) is 0 Å². The average Bonchev–Trinajstić information content (AvgIpc) is 3.60. The van der Waals surface area contributed by atoms with Crippen LogP contribution in [0.3, 0.4) is 0 Å². The first-order chi connectivity index (χ1) is 15.2. The maximum absolute atomic E-state index is 13.4. The predicted octanol–water partition coefficient (Wildman–Crippen LogP) is 3.39. The van der Waals surface area contributed by atoms with Crippen molar-refractivity contribution in [3.05, 3.63) is 65.6 Å². The molecule has 0 saturated heterocycles. The fourth-order valence-corrected chi connectivity index (χ4v) is 3.21. The molecule has 3 heterocycles. The Balaban J connectivity index is 1.66. The topological polar surface area (TPSA) is 117 Å². The molecule has 1 saturated carbocycles. The second-order valence-electron chi connectivity index (χ2n) is 7.38. The van der Waals surface area contributed by atoms with E-state index in [2.05, 4.69) is 30.2 Å². The number of hydrogen-bond acceptors (Lipinski definition) is 7. The monoisotopic (exact) mass is 439 g/mol. The SMILES string of the molecule is CC(NC(=O)c1cc(C(F)(F)F)nc(C2(C#N)CC2)c1)c1nccnc1-c1ncccn1. The van der Waals surface area contributed by atoms with Crippen molar-refractivity contribution in [1.29, 1.82) is 5.26 Å². The molecule has 1 atom stereocenters. The number of pyridine rings is 1. The molecule has 1 fully saturated rings. The van der Waals surface area contributed by atoms with Crippen molar-refractivity contribution >= 4 is 5.91 Å². The third-order valence-electron chi connectivity index (χ3n) is 5.09. The molecule has 0 bridgehead atoms. The Kier molecular flexibility index (Phi) is 5.30. The Bertz CT molecular complexity index is 1200. The van der Waals surface area contributed by atoms with Crippen molar-refractivity contribution < 1.29 is 18.0 Å². The van der Waals surface area contributed by atoms with E-state index in [1.165, 1.54) is 30.9 Å². The summed E-state index contributed by atoms with van der Waals surface area (Å²) in [5.74, 6) is -0.460. The lowest BCUT2D eigenvalue weighted by Crippen LogP contribution is -2.29. The average molecular weight is 439 g/mol. The minimum atomic E-state index is -4.76. The minimum Gasteiger partial charge on any atom is -0.344 e. The molecule has 1 N–H and O–H groups in total. The number of rotatable bonds is 5. The molecule has 1 aliphatic rings. The molecule has 4 rings (SSSR count). The largest absolute Gasteiger partial charge is 0.433 e. The molecule has 0 aliphatic heterocycles. The summed E-state index contributed by atoms with van der Waals surface area (Å²) < 4.78 is 40.1. The Morgan fingerprint density at radius 1 is 1.12 bits per heavy atom. The summed E-state index contributed by atoms with van der Waals surface area (Å²) in [7, 11) is 0. The van der Waals surface area contributed by atoms with Crippen LogP contribution in [0.15, 0.2) is 43.0 Å². The molecule has 1 aliphatic carbocycles. The number of carbonyl (C=O) groups excluding carboxylic acids is 1. The highest BCUT2D eigenvalue weighted by atomic mass is 19.4. The standard InChI is InChI=1S/C21H16F3N7O/c1-12(16-17(27-8-7-26-16)18-28-5-2-6-29-18)30-19(32)13-9-14(20(11-25)3-4-20)31-15(10-13)21(22,23)24/h2,5-10,12H,3-4H2,1H3,(H,30,32). The van der Waals surface area contributed by atoms with E-state index in [-0.39, 0.29) is 11.3 Å². The van der Waals surface area contributed by atoms with E-state index < -0.39 is 29.2 Å². The number of halogens is 3. The van der Waals surface area contributed by atoms with Crippen LogP contribution in [0.1, 0.15) is 53.2 Å². The van der Waals surface area contributed by atoms with Crippen LogP contribution in [0.25, 0.3) is 11.5 Å². The van der Waals surface area contributed by atoms with Crippen molar-refractivity contribution in [2.75, 3.05) is 0 Å². The van der Waals surface area contributed by atoms with Crippen LogP contribution in [0, 0.1) is 11.3 Å². The summed E-state index contributed by atoms with van der Waals surface area (Å²) in [6.07, 6.45) is 1.98. The van der Waals surface area contributed by atoms with Crippen molar-refractivity contribution in [2.45, 2.75) is 37.4 Å². The highest BCUT2D eigenvalue weighted by molar-refractivity contribution is 5.94. The molecule has 1 amide bonds. The van der Waals surface area contributed by atoms with Crippen LogP contribution in [0.4, 0.5) is 13.2 Å². The van der Waals surface area contributed by atoms with E-state index in [1.807, 2.05) is 6.07 Å². The predicted molar refractivity (Wildman–Crippen MR) is 105 cm³/mol. The second kappa shape index (κ2) is 7.96. The van der Waals surface area contributed by atoms with Gasteiger partial charge in [-0.15, -0.1) is 0 Å². The number of nitrogens with one attached hydrogen (secondary N) is 1. The van der Waals surface area contributed by atoms with Gasteiger partial charge in [0.15, 0.2) is 5.82 Å². The van der Waals surface area contributed by atoms with Gasteiger partial charge in [-0.1, -0.05) is 0 Å². The molecular formula is C21H16F3N7O. The van der Waals surface area contributed by atoms with Gasteiger partial charge in [0.25, 0.3) is 5.91 Å². The number of alkyl halides is 3. The number of amides is 1. The molecule has 0 aromatic carbocycles. The summed E-state index contributed by atoms with van der Waals surface area (Å²) >= 11 is 0. The lowest BCUT2D eigenvalue weighted by atomic mass is 10.0. The Morgan fingerprint density at radius 3 is 2.44 bits per heavy atom. The van der Waals surface area contributed by atoms with Gasteiger partial charge in [-0.25, -0.2) is 19.9 Å². The molecule has 32 heavy (non-hydrogen) atoms. The van der Waals surface area contributed by atoms with Crippen molar-refractivity contribution in [3.8, 4) is 17.6 Å². The molecular weight excluding hydrogens is 423 g/mol. The van der Waals surface area contributed by atoms with Gasteiger partial charge in [-0.05, 0) is 38.0 Å². The van der Waals surface area contributed by atoms with E-state index in [0.29, 0.717) is 36.1 Å². The first-order valence-electron chi connectivity index (χ1n) is 9.64. The van der Waals surface area contributed by atoms with Crippen LogP contribution in [-0.2, 0) is 11.6 Å². The third kappa shape index (κ3) is 4.12. The quantitative estimate of drug-likeness (QED) is 0.647. The first-order valence-corrected chi connectivity index (χ1v) is 9.64. The molecule has 1 unspecified atom stereocenters. The molecule has 0 radical (unpaired) electrons. The molecule has 162 valence electrons. The highest BCUT2D eigenvalue weighted by Gasteiger charge is 2.48. The first kappa shape index (κ1) is 21.3. The van der Waals surface area contributed by atoms with Gasteiger partial charge in [0.05, 0.1) is 28.9 Å². The molecule has 11 heteroatoms. The maximum Gasteiger partial charge on any atom is 0.433 e. The fraction of sp³-hybridized carbons (Fsp3) is 0.286. The van der Waals surface area contributed by atoms with Gasteiger partial charge in [0.2, 0.25) is 0 Å². The van der Waals surface area contributed by atoms with Crippen molar-refractivity contribution in [1.82, 2.24) is 30.2 Å². The van der Waals surface area contributed by atoms with Crippen LogP contribution < -0.4 is 5.32 Å². The summed E-state index contributed by atoms with van der Waals surface area (Å²) in [6, 6.07) is 4.85.